The number of amides is 1. The first-order valence-corrected chi connectivity index (χ1v) is 7.20. The highest BCUT2D eigenvalue weighted by atomic mass is 19.1. The van der Waals surface area contributed by atoms with E-state index >= 15 is 0 Å². The number of hydrogen-bond acceptors (Lipinski definition) is 2. The number of para-hydroxylation sites is 1. The van der Waals surface area contributed by atoms with Crippen LogP contribution >= 0.6 is 0 Å². The Morgan fingerprint density at radius 1 is 1.09 bits per heavy atom. The van der Waals surface area contributed by atoms with Crippen molar-refractivity contribution < 1.29 is 9.18 Å². The van der Waals surface area contributed by atoms with Crippen molar-refractivity contribution >= 4 is 17.6 Å². The molecule has 1 unspecified atom stereocenters. The van der Waals surface area contributed by atoms with Crippen molar-refractivity contribution in [1.29, 1.82) is 0 Å². The summed E-state index contributed by atoms with van der Waals surface area (Å²) in [4.78, 5) is 18.4. The Labute approximate surface area is 127 Å². The molecule has 2 aromatic rings. The molecule has 0 radical (unpaired) electrons. The van der Waals surface area contributed by atoms with Gasteiger partial charge in [0, 0.05) is 13.0 Å². The third-order valence-corrected chi connectivity index (χ3v) is 4.14. The number of benzene rings is 2. The van der Waals surface area contributed by atoms with E-state index in [0.717, 1.165) is 0 Å². The van der Waals surface area contributed by atoms with Crippen molar-refractivity contribution in [1.82, 2.24) is 10.2 Å². The number of hydrogen-bond donors (Lipinski definition) is 1. The molecule has 1 amide bonds. The summed E-state index contributed by atoms with van der Waals surface area (Å²) in [5.41, 5.74) is 2.60. The Morgan fingerprint density at radius 3 is 2.64 bits per heavy atom. The van der Waals surface area contributed by atoms with E-state index in [2.05, 4.69) is 16.4 Å². The molecule has 2 aliphatic heterocycles. The van der Waals surface area contributed by atoms with E-state index in [-0.39, 0.29) is 17.6 Å². The Balaban J connectivity index is 1.72. The Bertz CT molecular complexity index is 787. The van der Waals surface area contributed by atoms with E-state index in [4.69, 9.17) is 0 Å². The smallest absolute Gasteiger partial charge is 0.249 e. The second kappa shape index (κ2) is 4.94. The van der Waals surface area contributed by atoms with Crippen LogP contribution in [0.1, 0.15) is 11.1 Å². The van der Waals surface area contributed by atoms with Gasteiger partial charge in [0.1, 0.15) is 17.5 Å². The van der Waals surface area contributed by atoms with Gasteiger partial charge in [-0.05, 0) is 23.3 Å². The molecule has 0 bridgehead atoms. The zero-order valence-electron chi connectivity index (χ0n) is 11.8. The van der Waals surface area contributed by atoms with Gasteiger partial charge >= 0.3 is 0 Å². The fourth-order valence-electron chi connectivity index (χ4n) is 2.99. The number of rotatable bonds is 1. The molecule has 22 heavy (non-hydrogen) atoms. The van der Waals surface area contributed by atoms with Gasteiger partial charge in [0.2, 0.25) is 11.9 Å². The summed E-state index contributed by atoms with van der Waals surface area (Å²) in [6.07, 6.45) is 0.651. The van der Waals surface area contributed by atoms with Crippen LogP contribution < -0.4 is 5.32 Å². The quantitative estimate of drug-likeness (QED) is 0.878. The summed E-state index contributed by atoms with van der Waals surface area (Å²) < 4.78 is 13.8. The van der Waals surface area contributed by atoms with Crippen LogP contribution in [0.15, 0.2) is 53.5 Å². The second-order valence-corrected chi connectivity index (χ2v) is 5.49. The third-order valence-electron chi connectivity index (χ3n) is 4.14. The molecular weight excluding hydrogens is 281 g/mol. The van der Waals surface area contributed by atoms with E-state index in [1.165, 1.54) is 17.2 Å². The number of halogens is 1. The number of nitrogens with zero attached hydrogens (tertiary/aromatic N) is 2. The first kappa shape index (κ1) is 13.0. The lowest BCUT2D eigenvalue weighted by molar-refractivity contribution is -0.121. The van der Waals surface area contributed by atoms with E-state index in [1.54, 1.807) is 18.2 Å². The van der Waals surface area contributed by atoms with Gasteiger partial charge in [-0.3, -0.25) is 10.1 Å². The predicted molar refractivity (Wildman–Crippen MR) is 81.1 cm³/mol. The van der Waals surface area contributed by atoms with Crippen molar-refractivity contribution in [2.24, 2.45) is 4.99 Å². The number of nitrogens with one attached hydrogen (secondary N) is 1. The van der Waals surface area contributed by atoms with Crippen molar-refractivity contribution in [2.75, 3.05) is 0 Å². The standard InChI is InChI=1S/C17H14FN3O/c18-13-7-3-4-8-14(13)19-17-20-16(22)15-9-11-5-1-2-6-12(11)10-21(15)17/h1-8,15H,9-10H2,(H,19,20,22). The summed E-state index contributed by atoms with van der Waals surface area (Å²) in [7, 11) is 0. The van der Waals surface area contributed by atoms with Gasteiger partial charge in [0.15, 0.2) is 0 Å². The van der Waals surface area contributed by atoms with Crippen molar-refractivity contribution in [3.05, 3.63) is 65.5 Å². The Kier molecular flexibility index (Phi) is 2.92. The SMILES string of the molecule is O=C1NC(=Nc2ccccc2F)N2Cc3ccccc3CC12. The van der Waals surface area contributed by atoms with Gasteiger partial charge < -0.3 is 4.90 Å². The van der Waals surface area contributed by atoms with Gasteiger partial charge in [-0.2, -0.15) is 0 Å². The van der Waals surface area contributed by atoms with Crippen LogP contribution in [0.4, 0.5) is 10.1 Å². The van der Waals surface area contributed by atoms with Crippen LogP contribution in [0, 0.1) is 5.82 Å². The van der Waals surface area contributed by atoms with Crippen molar-refractivity contribution in [2.45, 2.75) is 19.0 Å². The highest BCUT2D eigenvalue weighted by Gasteiger charge is 2.40. The third kappa shape index (κ3) is 2.06. The fraction of sp³-hybridized carbons (Fsp3) is 0.176. The van der Waals surface area contributed by atoms with Crippen LogP contribution in [-0.4, -0.2) is 22.8 Å². The number of guanidine groups is 1. The molecule has 1 fully saturated rings. The number of fused-ring (bicyclic) bond motifs is 2. The van der Waals surface area contributed by atoms with Gasteiger partial charge in [-0.15, -0.1) is 0 Å². The molecule has 1 atom stereocenters. The minimum atomic E-state index is -0.398. The van der Waals surface area contributed by atoms with Gasteiger partial charge in [-0.25, -0.2) is 9.38 Å². The molecule has 110 valence electrons. The molecule has 4 nitrogen and oxygen atoms in total. The van der Waals surface area contributed by atoms with E-state index in [0.29, 0.717) is 18.9 Å². The van der Waals surface area contributed by atoms with Crippen LogP contribution in [0.5, 0.6) is 0 Å². The zero-order chi connectivity index (χ0) is 15.1. The normalized spacial score (nSPS) is 21.5. The Hall–Kier alpha value is -2.69. The monoisotopic (exact) mass is 295 g/mol. The van der Waals surface area contributed by atoms with Crippen molar-refractivity contribution in [3.63, 3.8) is 0 Å². The maximum absolute atomic E-state index is 13.8. The molecule has 4 rings (SSSR count). The molecule has 1 saturated heterocycles. The first-order chi connectivity index (χ1) is 10.7. The molecule has 0 aromatic heterocycles. The lowest BCUT2D eigenvalue weighted by Crippen LogP contribution is -2.40. The topological polar surface area (TPSA) is 44.7 Å². The highest BCUT2D eigenvalue weighted by molar-refractivity contribution is 6.07. The minimum absolute atomic E-state index is 0.0791. The predicted octanol–water partition coefficient (Wildman–Crippen LogP) is 2.37. The molecule has 1 N–H and O–H groups in total. The molecule has 0 aliphatic carbocycles. The highest BCUT2D eigenvalue weighted by Crippen LogP contribution is 2.27. The Morgan fingerprint density at radius 2 is 1.82 bits per heavy atom. The molecule has 0 saturated carbocycles. The van der Waals surface area contributed by atoms with Crippen LogP contribution in [0.2, 0.25) is 0 Å². The lowest BCUT2D eigenvalue weighted by atomic mass is 9.95. The summed E-state index contributed by atoms with van der Waals surface area (Å²) >= 11 is 0. The maximum Gasteiger partial charge on any atom is 0.249 e. The molecule has 0 spiro atoms. The van der Waals surface area contributed by atoms with Crippen LogP contribution in [0.3, 0.4) is 0 Å². The number of carbonyl (C=O) groups is 1. The average Bonchev–Trinajstić information content (AvgIpc) is 2.83. The van der Waals surface area contributed by atoms with E-state index in [1.807, 2.05) is 23.1 Å². The average molecular weight is 295 g/mol. The summed E-state index contributed by atoms with van der Waals surface area (Å²) in [5.74, 6) is -0.0516. The summed E-state index contributed by atoms with van der Waals surface area (Å²) in [6, 6.07) is 14.1. The number of aliphatic imine (C=N–C) groups is 1. The van der Waals surface area contributed by atoms with E-state index in [9.17, 15) is 9.18 Å². The lowest BCUT2D eigenvalue weighted by Gasteiger charge is -2.30. The van der Waals surface area contributed by atoms with E-state index < -0.39 is 5.82 Å². The molecule has 2 aliphatic rings. The second-order valence-electron chi connectivity index (χ2n) is 5.49. The van der Waals surface area contributed by atoms with Crippen molar-refractivity contribution in [3.8, 4) is 0 Å². The van der Waals surface area contributed by atoms with Crippen LogP contribution in [0.25, 0.3) is 0 Å². The molecule has 2 heterocycles. The molecular formula is C17H14FN3O. The van der Waals surface area contributed by atoms with Crippen LogP contribution in [-0.2, 0) is 17.8 Å². The van der Waals surface area contributed by atoms with Gasteiger partial charge in [-0.1, -0.05) is 36.4 Å². The van der Waals surface area contributed by atoms with Gasteiger partial charge in [0.05, 0.1) is 0 Å². The minimum Gasteiger partial charge on any atom is -0.326 e. The van der Waals surface area contributed by atoms with Gasteiger partial charge in [0.25, 0.3) is 0 Å². The molecule has 5 heteroatoms. The largest absolute Gasteiger partial charge is 0.326 e. The number of carbonyl (C=O) groups excluding carboxylic acids is 1. The molecule has 2 aromatic carbocycles. The maximum atomic E-state index is 13.8. The first-order valence-electron chi connectivity index (χ1n) is 7.20. The summed E-state index contributed by atoms with van der Waals surface area (Å²) in [6.45, 7) is 0.604. The fourth-order valence-corrected chi connectivity index (χ4v) is 2.99. The summed E-state index contributed by atoms with van der Waals surface area (Å²) in [5, 5.41) is 2.78. The zero-order valence-corrected chi connectivity index (χ0v) is 11.8.